The SMILES string of the molecule is Nc1cc(=O)[nH]c(=O)[nH]1.[H-].[Na+]. The number of anilines is 1. The Kier molecular flexibility index (Phi) is 3.41. The van der Waals surface area contributed by atoms with Crippen LogP contribution in [0.4, 0.5) is 5.82 Å². The van der Waals surface area contributed by atoms with E-state index in [1.54, 1.807) is 0 Å². The van der Waals surface area contributed by atoms with Crippen molar-refractivity contribution >= 4 is 5.82 Å². The van der Waals surface area contributed by atoms with Crippen LogP contribution in [0.2, 0.25) is 0 Å². The van der Waals surface area contributed by atoms with Gasteiger partial charge in [-0.25, -0.2) is 4.79 Å². The van der Waals surface area contributed by atoms with Gasteiger partial charge in [0.25, 0.3) is 5.56 Å². The van der Waals surface area contributed by atoms with E-state index in [4.69, 9.17) is 5.73 Å². The fourth-order valence-corrected chi connectivity index (χ4v) is 0.488. The van der Waals surface area contributed by atoms with E-state index in [1.165, 1.54) is 0 Å². The predicted molar refractivity (Wildman–Crippen MR) is 33.2 cm³/mol. The van der Waals surface area contributed by atoms with Crippen molar-refractivity contribution in [3.8, 4) is 0 Å². The van der Waals surface area contributed by atoms with Crippen molar-refractivity contribution in [3.63, 3.8) is 0 Å². The normalized spacial score (nSPS) is 8.40. The summed E-state index contributed by atoms with van der Waals surface area (Å²) in [5, 5.41) is 0. The second-order valence-electron chi connectivity index (χ2n) is 1.54. The summed E-state index contributed by atoms with van der Waals surface area (Å²) in [6.45, 7) is 0. The number of nitrogens with two attached hydrogens (primary N) is 1. The van der Waals surface area contributed by atoms with Crippen LogP contribution in [0.3, 0.4) is 0 Å². The van der Waals surface area contributed by atoms with Crippen molar-refractivity contribution < 1.29 is 31.0 Å². The van der Waals surface area contributed by atoms with E-state index in [-0.39, 0.29) is 36.8 Å². The van der Waals surface area contributed by atoms with Gasteiger partial charge in [0.15, 0.2) is 0 Å². The van der Waals surface area contributed by atoms with Crippen molar-refractivity contribution in [2.75, 3.05) is 5.73 Å². The Labute approximate surface area is 79.4 Å². The molecule has 0 amide bonds. The Morgan fingerprint density at radius 1 is 1.40 bits per heavy atom. The van der Waals surface area contributed by atoms with Crippen LogP contribution in [0.5, 0.6) is 0 Å². The van der Waals surface area contributed by atoms with Crippen LogP contribution in [0.15, 0.2) is 15.7 Å². The zero-order chi connectivity index (χ0) is 6.85. The molecule has 0 saturated carbocycles. The maximum Gasteiger partial charge on any atom is 1.00 e. The topological polar surface area (TPSA) is 91.7 Å². The molecule has 6 heteroatoms. The first-order chi connectivity index (χ1) is 4.18. The number of hydrogen-bond donors (Lipinski definition) is 3. The van der Waals surface area contributed by atoms with Crippen LogP contribution in [-0.4, -0.2) is 9.97 Å². The number of H-pyrrole nitrogens is 2. The fraction of sp³-hybridized carbons (Fsp3) is 0. The summed E-state index contributed by atoms with van der Waals surface area (Å²) in [5.74, 6) is 0.0729. The Morgan fingerprint density at radius 2 is 2.00 bits per heavy atom. The minimum absolute atomic E-state index is 0. The Hall–Kier alpha value is -0.520. The molecule has 1 heterocycles. The molecule has 1 aromatic heterocycles. The minimum atomic E-state index is -0.583. The van der Waals surface area contributed by atoms with Gasteiger partial charge in [0, 0.05) is 6.07 Å². The van der Waals surface area contributed by atoms with Gasteiger partial charge >= 0.3 is 35.2 Å². The molecule has 0 aliphatic rings. The average Bonchev–Trinajstić information content (AvgIpc) is 1.59. The molecule has 1 rings (SSSR count). The van der Waals surface area contributed by atoms with Gasteiger partial charge in [0.05, 0.1) is 0 Å². The minimum Gasteiger partial charge on any atom is -1.00 e. The van der Waals surface area contributed by atoms with Gasteiger partial charge in [0.2, 0.25) is 0 Å². The first-order valence-corrected chi connectivity index (χ1v) is 2.27. The van der Waals surface area contributed by atoms with Crippen molar-refractivity contribution in [1.29, 1.82) is 0 Å². The predicted octanol–water partition coefficient (Wildman–Crippen LogP) is -4.24. The number of rotatable bonds is 0. The van der Waals surface area contributed by atoms with Gasteiger partial charge in [-0.15, -0.1) is 0 Å². The molecule has 0 fully saturated rings. The molecule has 0 aromatic carbocycles. The molecule has 50 valence electrons. The van der Waals surface area contributed by atoms with E-state index in [0.29, 0.717) is 0 Å². The second kappa shape index (κ2) is 3.60. The monoisotopic (exact) mass is 151 g/mol. The molecule has 0 spiro atoms. The molecular weight excluding hydrogens is 145 g/mol. The number of nitrogen functional groups attached to an aromatic ring is 1. The van der Waals surface area contributed by atoms with Crippen molar-refractivity contribution in [3.05, 3.63) is 26.9 Å². The molecule has 4 N–H and O–H groups in total. The maximum atomic E-state index is 10.4. The van der Waals surface area contributed by atoms with E-state index in [9.17, 15) is 9.59 Å². The summed E-state index contributed by atoms with van der Waals surface area (Å²) in [4.78, 5) is 24.8. The van der Waals surface area contributed by atoms with E-state index in [0.717, 1.165) is 6.07 Å². The summed E-state index contributed by atoms with van der Waals surface area (Å²) in [6.07, 6.45) is 0. The number of aromatic amines is 2. The standard InChI is InChI=1S/C4H5N3O2.Na.H/c5-2-1-3(8)7-4(9)6-2;;/h1H,(H4,5,6,7,8,9);;/q;+1;-1. The number of aromatic nitrogens is 2. The van der Waals surface area contributed by atoms with Crippen molar-refractivity contribution in [1.82, 2.24) is 9.97 Å². The molecule has 1 aromatic rings. The summed E-state index contributed by atoms with van der Waals surface area (Å²) >= 11 is 0. The third kappa shape index (κ3) is 2.38. The van der Waals surface area contributed by atoms with Crippen LogP contribution in [0, 0.1) is 0 Å². The Morgan fingerprint density at radius 3 is 2.40 bits per heavy atom. The van der Waals surface area contributed by atoms with Gasteiger partial charge in [-0.2, -0.15) is 0 Å². The summed E-state index contributed by atoms with van der Waals surface area (Å²) in [7, 11) is 0. The molecule has 0 aliphatic heterocycles. The van der Waals surface area contributed by atoms with Gasteiger partial charge in [-0.1, -0.05) is 0 Å². The quantitative estimate of drug-likeness (QED) is 0.328. The van der Waals surface area contributed by atoms with Crippen LogP contribution in [0.1, 0.15) is 1.43 Å². The van der Waals surface area contributed by atoms with Crippen molar-refractivity contribution in [2.45, 2.75) is 0 Å². The summed E-state index contributed by atoms with van der Waals surface area (Å²) in [6, 6.07) is 1.10. The molecule has 0 bridgehead atoms. The van der Waals surface area contributed by atoms with Gasteiger partial charge < -0.3 is 7.16 Å². The van der Waals surface area contributed by atoms with Gasteiger partial charge in [-0.05, 0) is 0 Å². The summed E-state index contributed by atoms with van der Waals surface area (Å²) < 4.78 is 0. The number of nitrogens with one attached hydrogen (secondary N) is 2. The van der Waals surface area contributed by atoms with Gasteiger partial charge in [0.1, 0.15) is 5.82 Å². The molecule has 0 saturated heterocycles. The number of hydrogen-bond acceptors (Lipinski definition) is 3. The molecule has 5 nitrogen and oxygen atoms in total. The average molecular weight is 151 g/mol. The third-order valence-electron chi connectivity index (χ3n) is 0.781. The molecule has 0 aliphatic carbocycles. The largest absolute Gasteiger partial charge is 1.00 e. The smallest absolute Gasteiger partial charge is 1.00 e. The third-order valence-corrected chi connectivity index (χ3v) is 0.781. The van der Waals surface area contributed by atoms with Crippen molar-refractivity contribution in [2.24, 2.45) is 0 Å². The zero-order valence-electron chi connectivity index (χ0n) is 6.47. The maximum absolute atomic E-state index is 10.4. The zero-order valence-corrected chi connectivity index (χ0v) is 7.47. The van der Waals surface area contributed by atoms with E-state index in [1.807, 2.05) is 4.98 Å². The first kappa shape index (κ1) is 9.48. The molecule has 0 atom stereocenters. The van der Waals surface area contributed by atoms with E-state index < -0.39 is 11.2 Å². The fourth-order valence-electron chi connectivity index (χ4n) is 0.488. The van der Waals surface area contributed by atoms with Crippen LogP contribution in [-0.2, 0) is 0 Å². The van der Waals surface area contributed by atoms with Crippen LogP contribution in [0.25, 0.3) is 0 Å². The molecule has 10 heavy (non-hydrogen) atoms. The summed E-state index contributed by atoms with van der Waals surface area (Å²) in [5.41, 5.74) is 4.01. The van der Waals surface area contributed by atoms with Crippen LogP contribution >= 0.6 is 0 Å². The molecular formula is C4H6N3NaO2. The Balaban J connectivity index is 0. The Bertz CT molecular complexity index is 291. The van der Waals surface area contributed by atoms with Gasteiger partial charge in [-0.3, -0.25) is 14.8 Å². The second-order valence-corrected chi connectivity index (χ2v) is 1.54. The molecule has 0 radical (unpaired) electrons. The molecule has 0 unspecified atom stereocenters. The van der Waals surface area contributed by atoms with Crippen LogP contribution < -0.4 is 46.5 Å². The van der Waals surface area contributed by atoms with E-state index in [2.05, 4.69) is 4.98 Å². The van der Waals surface area contributed by atoms with E-state index >= 15 is 0 Å². The first-order valence-electron chi connectivity index (χ1n) is 2.27.